The minimum atomic E-state index is -0.438. The van der Waals surface area contributed by atoms with E-state index in [4.69, 9.17) is 32.6 Å². The van der Waals surface area contributed by atoms with Crippen LogP contribution >= 0.6 is 23.2 Å². The van der Waals surface area contributed by atoms with Crippen LogP contribution in [0.25, 0.3) is 11.3 Å². The van der Waals surface area contributed by atoms with Gasteiger partial charge in [-0.1, -0.05) is 66.9 Å². The molecule has 0 unspecified atom stereocenters. The standard InChI is InChI=1S/C19H17Cl2N3O3/c1-2-3-9-26-17-14(20)10-13(11-15(17)21)19(25)22-18-16(23-27-24-18)12-7-5-4-6-8-12/h4-8,10-11H,2-3,9H2,1H3,(H,22,24,25). The number of hydrogen-bond donors (Lipinski definition) is 1. The molecule has 1 N–H and O–H groups in total. The number of anilines is 1. The first-order chi connectivity index (χ1) is 13.1. The Morgan fingerprint density at radius 2 is 1.85 bits per heavy atom. The maximum atomic E-state index is 12.6. The van der Waals surface area contributed by atoms with E-state index in [9.17, 15) is 4.79 Å². The number of ether oxygens (including phenoxy) is 1. The van der Waals surface area contributed by atoms with E-state index in [1.54, 1.807) is 0 Å². The predicted octanol–water partition coefficient (Wildman–Crippen LogP) is 5.47. The molecule has 1 heterocycles. The van der Waals surface area contributed by atoms with E-state index in [0.29, 0.717) is 18.1 Å². The molecule has 1 aromatic heterocycles. The highest BCUT2D eigenvalue weighted by molar-refractivity contribution is 6.37. The summed E-state index contributed by atoms with van der Waals surface area (Å²) in [4.78, 5) is 12.6. The number of rotatable bonds is 7. The average molecular weight is 406 g/mol. The van der Waals surface area contributed by atoms with Gasteiger partial charge in [-0.3, -0.25) is 4.79 Å². The Morgan fingerprint density at radius 1 is 1.15 bits per heavy atom. The lowest BCUT2D eigenvalue weighted by Crippen LogP contribution is -2.13. The molecule has 0 saturated heterocycles. The van der Waals surface area contributed by atoms with E-state index in [0.717, 1.165) is 18.4 Å². The fraction of sp³-hybridized carbons (Fsp3) is 0.211. The Morgan fingerprint density at radius 3 is 2.52 bits per heavy atom. The molecule has 140 valence electrons. The lowest BCUT2D eigenvalue weighted by Gasteiger charge is -2.11. The van der Waals surface area contributed by atoms with Gasteiger partial charge in [0.05, 0.1) is 16.7 Å². The summed E-state index contributed by atoms with van der Waals surface area (Å²) in [5.74, 6) is 0.143. The topological polar surface area (TPSA) is 77.2 Å². The molecule has 27 heavy (non-hydrogen) atoms. The molecule has 3 rings (SSSR count). The summed E-state index contributed by atoms with van der Waals surface area (Å²) in [5.41, 5.74) is 1.47. The second-order valence-corrected chi connectivity index (χ2v) is 6.57. The number of nitrogens with one attached hydrogen (secondary N) is 1. The van der Waals surface area contributed by atoms with Gasteiger partial charge in [0.15, 0.2) is 11.4 Å². The lowest BCUT2D eigenvalue weighted by atomic mass is 10.1. The van der Waals surface area contributed by atoms with Crippen LogP contribution in [0.15, 0.2) is 47.1 Å². The van der Waals surface area contributed by atoms with Crippen LogP contribution in [0.5, 0.6) is 5.75 Å². The van der Waals surface area contributed by atoms with Gasteiger partial charge in [-0.25, -0.2) is 4.63 Å². The number of nitrogens with zero attached hydrogens (tertiary/aromatic N) is 2. The zero-order valence-electron chi connectivity index (χ0n) is 14.5. The summed E-state index contributed by atoms with van der Waals surface area (Å²) in [5, 5.41) is 10.8. The first kappa shape index (κ1) is 19.2. The van der Waals surface area contributed by atoms with Crippen molar-refractivity contribution in [2.75, 3.05) is 11.9 Å². The molecule has 0 aliphatic rings. The fourth-order valence-electron chi connectivity index (χ4n) is 2.38. The van der Waals surface area contributed by atoms with Gasteiger partial charge in [-0.15, -0.1) is 0 Å². The molecule has 0 aliphatic carbocycles. The Kier molecular flexibility index (Phi) is 6.32. The zero-order valence-corrected chi connectivity index (χ0v) is 16.0. The number of amides is 1. The Balaban J connectivity index is 1.79. The Bertz CT molecular complexity index is 906. The summed E-state index contributed by atoms with van der Waals surface area (Å²) < 4.78 is 10.4. The van der Waals surface area contributed by atoms with Crippen LogP contribution in [0, 0.1) is 0 Å². The van der Waals surface area contributed by atoms with Crippen molar-refractivity contribution < 1.29 is 14.2 Å². The quantitative estimate of drug-likeness (QED) is 0.526. The summed E-state index contributed by atoms with van der Waals surface area (Å²) in [6.45, 7) is 2.56. The van der Waals surface area contributed by atoms with Crippen molar-refractivity contribution in [2.24, 2.45) is 0 Å². The van der Waals surface area contributed by atoms with Crippen molar-refractivity contribution in [3.05, 3.63) is 58.1 Å². The second kappa shape index (κ2) is 8.88. The maximum absolute atomic E-state index is 12.6. The summed E-state index contributed by atoms with van der Waals surface area (Å²) in [7, 11) is 0. The molecule has 0 atom stereocenters. The van der Waals surface area contributed by atoms with E-state index in [1.807, 2.05) is 30.3 Å². The highest BCUT2D eigenvalue weighted by atomic mass is 35.5. The summed E-state index contributed by atoms with van der Waals surface area (Å²) in [6, 6.07) is 12.3. The summed E-state index contributed by atoms with van der Waals surface area (Å²) in [6.07, 6.45) is 1.88. The predicted molar refractivity (Wildman–Crippen MR) is 105 cm³/mol. The normalized spacial score (nSPS) is 10.6. The number of unbranched alkanes of at least 4 members (excludes halogenated alkanes) is 1. The van der Waals surface area contributed by atoms with E-state index in [-0.39, 0.29) is 21.4 Å². The molecule has 3 aromatic rings. The van der Waals surface area contributed by atoms with Gasteiger partial charge < -0.3 is 10.1 Å². The molecule has 1 amide bonds. The van der Waals surface area contributed by atoms with Gasteiger partial charge in [0.2, 0.25) is 5.82 Å². The van der Waals surface area contributed by atoms with Crippen molar-refractivity contribution in [2.45, 2.75) is 19.8 Å². The Labute approximate surface area is 166 Å². The number of halogens is 2. The van der Waals surface area contributed by atoms with E-state index >= 15 is 0 Å². The zero-order chi connectivity index (χ0) is 19.2. The third-order valence-corrected chi connectivity index (χ3v) is 4.33. The molecular weight excluding hydrogens is 389 g/mol. The number of aromatic nitrogens is 2. The van der Waals surface area contributed by atoms with Crippen molar-refractivity contribution >= 4 is 34.9 Å². The van der Waals surface area contributed by atoms with Crippen LogP contribution < -0.4 is 10.1 Å². The highest BCUT2D eigenvalue weighted by Crippen LogP contribution is 2.35. The number of benzene rings is 2. The molecule has 2 aromatic carbocycles. The molecular formula is C19H17Cl2N3O3. The fourth-order valence-corrected chi connectivity index (χ4v) is 2.98. The van der Waals surface area contributed by atoms with Crippen molar-refractivity contribution in [1.82, 2.24) is 10.3 Å². The smallest absolute Gasteiger partial charge is 0.257 e. The van der Waals surface area contributed by atoms with Gasteiger partial charge in [0.25, 0.3) is 5.91 Å². The van der Waals surface area contributed by atoms with Gasteiger partial charge in [0.1, 0.15) is 0 Å². The van der Waals surface area contributed by atoms with Crippen LogP contribution in [0.1, 0.15) is 30.1 Å². The van der Waals surface area contributed by atoms with Crippen molar-refractivity contribution in [1.29, 1.82) is 0 Å². The minimum absolute atomic E-state index is 0.210. The van der Waals surface area contributed by atoms with Crippen LogP contribution in [0.2, 0.25) is 10.0 Å². The third kappa shape index (κ3) is 4.59. The van der Waals surface area contributed by atoms with Crippen LogP contribution in [0.4, 0.5) is 5.82 Å². The monoisotopic (exact) mass is 405 g/mol. The maximum Gasteiger partial charge on any atom is 0.257 e. The minimum Gasteiger partial charge on any atom is -0.490 e. The summed E-state index contributed by atoms with van der Waals surface area (Å²) >= 11 is 12.5. The first-order valence-electron chi connectivity index (χ1n) is 8.41. The average Bonchev–Trinajstić information content (AvgIpc) is 3.12. The largest absolute Gasteiger partial charge is 0.490 e. The number of hydrogen-bond acceptors (Lipinski definition) is 5. The second-order valence-electron chi connectivity index (χ2n) is 5.75. The van der Waals surface area contributed by atoms with Gasteiger partial charge in [-0.05, 0) is 28.9 Å². The molecule has 0 aliphatic heterocycles. The van der Waals surface area contributed by atoms with Gasteiger partial charge in [-0.2, -0.15) is 0 Å². The van der Waals surface area contributed by atoms with E-state index in [2.05, 4.69) is 22.6 Å². The third-order valence-electron chi connectivity index (χ3n) is 3.77. The van der Waals surface area contributed by atoms with Crippen molar-refractivity contribution in [3.8, 4) is 17.0 Å². The number of carbonyl (C=O) groups excluding carboxylic acids is 1. The van der Waals surface area contributed by atoms with E-state index < -0.39 is 5.91 Å². The van der Waals surface area contributed by atoms with Crippen molar-refractivity contribution in [3.63, 3.8) is 0 Å². The highest BCUT2D eigenvalue weighted by Gasteiger charge is 2.18. The Hall–Kier alpha value is -2.57. The molecule has 0 saturated carbocycles. The molecule has 0 bridgehead atoms. The molecule has 8 heteroatoms. The molecule has 0 fully saturated rings. The van der Waals surface area contributed by atoms with Gasteiger partial charge in [0, 0.05) is 11.1 Å². The lowest BCUT2D eigenvalue weighted by molar-refractivity contribution is 0.102. The van der Waals surface area contributed by atoms with Crippen LogP contribution in [-0.2, 0) is 0 Å². The molecule has 6 nitrogen and oxygen atoms in total. The van der Waals surface area contributed by atoms with Crippen LogP contribution in [0.3, 0.4) is 0 Å². The van der Waals surface area contributed by atoms with E-state index in [1.165, 1.54) is 12.1 Å². The van der Waals surface area contributed by atoms with Gasteiger partial charge >= 0.3 is 0 Å². The molecule has 0 radical (unpaired) electrons. The first-order valence-corrected chi connectivity index (χ1v) is 9.17. The van der Waals surface area contributed by atoms with Crippen LogP contribution in [-0.4, -0.2) is 22.8 Å². The number of carbonyl (C=O) groups is 1. The SMILES string of the molecule is CCCCOc1c(Cl)cc(C(=O)Nc2nonc2-c2ccccc2)cc1Cl. The molecule has 0 spiro atoms.